The molecule has 0 aromatic rings. The van der Waals surface area contributed by atoms with E-state index in [1.807, 2.05) is 27.2 Å². The first-order chi connectivity index (χ1) is 28.5. The lowest BCUT2D eigenvalue weighted by atomic mass is 10.0. The number of amides is 1. The number of aliphatic hydroxyl groups excluding tert-OH is 1. The van der Waals surface area contributed by atoms with Crippen LogP contribution < -0.4 is 10.2 Å². The predicted molar refractivity (Wildman–Crippen MR) is 252 cm³/mol. The minimum atomic E-state index is -4.58. The summed E-state index contributed by atoms with van der Waals surface area (Å²) in [5, 5.41) is 13.8. The molecule has 8 nitrogen and oxygen atoms in total. The number of carbonyl (C=O) groups is 1. The smallest absolute Gasteiger partial charge is 0.268 e. The molecule has 0 saturated heterocycles. The Balaban J connectivity index is 4.21. The fourth-order valence-electron chi connectivity index (χ4n) is 7.68. The lowest BCUT2D eigenvalue weighted by molar-refractivity contribution is -0.870. The number of hydrogen-bond donors (Lipinski definition) is 2. The molecule has 0 radical (unpaired) electrons. The van der Waals surface area contributed by atoms with Crippen LogP contribution in [0.5, 0.6) is 0 Å². The SMILES string of the molecule is CCCCCCCCCCCCCC/C=C/[C@@H](O)[C@H](COP(=O)([O-])OCC[N+](C)(C)C)NC(=O)CCCCCCCCCCCCCCCCCCCCCCCCC. The fourth-order valence-corrected chi connectivity index (χ4v) is 8.41. The zero-order valence-electron chi connectivity index (χ0n) is 40.0. The third-order valence-electron chi connectivity index (χ3n) is 11.7. The van der Waals surface area contributed by atoms with Crippen molar-refractivity contribution in [1.29, 1.82) is 0 Å². The number of unbranched alkanes of at least 4 members (excludes halogenated alkanes) is 34. The van der Waals surface area contributed by atoms with Gasteiger partial charge in [0.05, 0.1) is 39.9 Å². The molecule has 0 aliphatic heterocycles. The van der Waals surface area contributed by atoms with Gasteiger partial charge in [-0.25, -0.2) is 0 Å². The van der Waals surface area contributed by atoms with E-state index in [1.165, 1.54) is 193 Å². The number of quaternary nitrogens is 1. The summed E-state index contributed by atoms with van der Waals surface area (Å²) in [5.74, 6) is -0.192. The molecule has 1 amide bonds. The zero-order valence-corrected chi connectivity index (χ0v) is 40.9. The van der Waals surface area contributed by atoms with E-state index >= 15 is 0 Å². The van der Waals surface area contributed by atoms with E-state index < -0.39 is 20.0 Å². The predicted octanol–water partition coefficient (Wildman–Crippen LogP) is 14.1. The Bertz CT molecular complexity index is 974. The fraction of sp³-hybridized carbons (Fsp3) is 0.940. The van der Waals surface area contributed by atoms with E-state index in [4.69, 9.17) is 9.05 Å². The van der Waals surface area contributed by atoms with E-state index in [1.54, 1.807) is 6.08 Å². The normalized spacial score (nSPS) is 14.2. The summed E-state index contributed by atoms with van der Waals surface area (Å²) in [6, 6.07) is -0.880. The Kier molecular flexibility index (Phi) is 42.0. The third-order valence-corrected chi connectivity index (χ3v) is 12.7. The van der Waals surface area contributed by atoms with Gasteiger partial charge in [-0.3, -0.25) is 9.36 Å². The first kappa shape index (κ1) is 58.2. The van der Waals surface area contributed by atoms with Crippen LogP contribution in [0.25, 0.3) is 0 Å². The number of carbonyl (C=O) groups excluding carboxylic acids is 1. The molecular formula is C50H101N2O6P. The molecule has 0 saturated carbocycles. The second-order valence-corrected chi connectivity index (χ2v) is 20.3. The van der Waals surface area contributed by atoms with Crippen LogP contribution in [-0.2, 0) is 18.4 Å². The van der Waals surface area contributed by atoms with Crippen molar-refractivity contribution in [2.45, 2.75) is 264 Å². The topological polar surface area (TPSA) is 108 Å². The molecule has 59 heavy (non-hydrogen) atoms. The lowest BCUT2D eigenvalue weighted by Crippen LogP contribution is -2.45. The number of allylic oxidation sites excluding steroid dienone is 1. The molecule has 0 aromatic heterocycles. The first-order valence-corrected chi connectivity index (χ1v) is 27.0. The maximum Gasteiger partial charge on any atom is 0.268 e. The molecule has 0 aliphatic carbocycles. The molecule has 0 aromatic carbocycles. The maximum atomic E-state index is 12.9. The van der Waals surface area contributed by atoms with Gasteiger partial charge >= 0.3 is 0 Å². The second kappa shape index (κ2) is 42.5. The minimum absolute atomic E-state index is 0.00233. The van der Waals surface area contributed by atoms with Gasteiger partial charge in [0.1, 0.15) is 13.2 Å². The Hall–Kier alpha value is -0.760. The molecule has 3 atom stereocenters. The number of nitrogens with one attached hydrogen (secondary N) is 1. The summed E-state index contributed by atoms with van der Waals surface area (Å²) in [6.07, 6.45) is 49.8. The molecule has 9 heteroatoms. The molecule has 0 rings (SSSR count). The Morgan fingerprint density at radius 3 is 1.27 bits per heavy atom. The first-order valence-electron chi connectivity index (χ1n) is 25.6. The molecule has 0 bridgehead atoms. The van der Waals surface area contributed by atoms with E-state index in [-0.39, 0.29) is 19.1 Å². The van der Waals surface area contributed by atoms with Gasteiger partial charge in [0.25, 0.3) is 7.82 Å². The van der Waals surface area contributed by atoms with E-state index in [0.29, 0.717) is 17.4 Å². The molecule has 1 unspecified atom stereocenters. The van der Waals surface area contributed by atoms with Crippen LogP contribution in [0.2, 0.25) is 0 Å². The van der Waals surface area contributed by atoms with Gasteiger partial charge in [-0.1, -0.05) is 238 Å². The van der Waals surface area contributed by atoms with Crippen molar-refractivity contribution < 1.29 is 32.9 Å². The highest BCUT2D eigenvalue weighted by Crippen LogP contribution is 2.38. The number of aliphatic hydroxyl groups is 1. The summed E-state index contributed by atoms with van der Waals surface area (Å²) in [6.45, 7) is 4.68. The number of phosphoric ester groups is 1. The molecule has 0 spiro atoms. The largest absolute Gasteiger partial charge is 0.756 e. The van der Waals surface area contributed by atoms with Gasteiger partial charge < -0.3 is 28.8 Å². The van der Waals surface area contributed by atoms with Gasteiger partial charge in [0.15, 0.2) is 0 Å². The third kappa shape index (κ3) is 45.1. The summed E-state index contributed by atoms with van der Waals surface area (Å²) < 4.78 is 23.3. The van der Waals surface area contributed by atoms with Crippen molar-refractivity contribution in [3.8, 4) is 0 Å². The zero-order chi connectivity index (χ0) is 43.6. The van der Waals surface area contributed by atoms with E-state index in [0.717, 1.165) is 38.5 Å². The number of phosphoric acid groups is 1. The summed E-state index contributed by atoms with van der Waals surface area (Å²) in [5.41, 5.74) is 0. The number of hydrogen-bond acceptors (Lipinski definition) is 6. The van der Waals surface area contributed by atoms with Crippen LogP contribution in [0.1, 0.15) is 251 Å². The number of rotatable bonds is 47. The van der Waals surface area contributed by atoms with Crippen LogP contribution in [0.3, 0.4) is 0 Å². The van der Waals surface area contributed by atoms with Crippen molar-refractivity contribution >= 4 is 13.7 Å². The molecule has 0 heterocycles. The Morgan fingerprint density at radius 2 is 0.915 bits per heavy atom. The highest BCUT2D eigenvalue weighted by molar-refractivity contribution is 7.45. The van der Waals surface area contributed by atoms with E-state index in [9.17, 15) is 19.4 Å². The molecule has 0 fully saturated rings. The minimum Gasteiger partial charge on any atom is -0.756 e. The lowest BCUT2D eigenvalue weighted by Gasteiger charge is -2.29. The number of nitrogens with zero attached hydrogens (tertiary/aromatic N) is 1. The Morgan fingerprint density at radius 1 is 0.576 bits per heavy atom. The molecule has 0 aliphatic rings. The van der Waals surface area contributed by atoms with Crippen LogP contribution in [0.15, 0.2) is 12.2 Å². The molecule has 2 N–H and O–H groups in total. The van der Waals surface area contributed by atoms with Gasteiger partial charge in [-0.2, -0.15) is 0 Å². The van der Waals surface area contributed by atoms with Crippen molar-refractivity contribution in [3.05, 3.63) is 12.2 Å². The van der Waals surface area contributed by atoms with Crippen LogP contribution >= 0.6 is 7.82 Å². The van der Waals surface area contributed by atoms with Gasteiger partial charge in [-0.05, 0) is 19.3 Å². The van der Waals surface area contributed by atoms with Gasteiger partial charge in [-0.15, -0.1) is 0 Å². The number of likely N-dealkylation sites (N-methyl/N-ethyl adjacent to an activating group) is 1. The second-order valence-electron chi connectivity index (χ2n) is 18.9. The summed E-state index contributed by atoms with van der Waals surface area (Å²) in [4.78, 5) is 25.4. The Labute approximate surface area is 367 Å². The molecule has 352 valence electrons. The highest BCUT2D eigenvalue weighted by atomic mass is 31.2. The van der Waals surface area contributed by atoms with Crippen LogP contribution in [-0.4, -0.2) is 68.5 Å². The van der Waals surface area contributed by atoms with Crippen LogP contribution in [0.4, 0.5) is 0 Å². The monoisotopic (exact) mass is 857 g/mol. The van der Waals surface area contributed by atoms with Gasteiger partial charge in [0.2, 0.25) is 5.91 Å². The van der Waals surface area contributed by atoms with Crippen molar-refractivity contribution in [1.82, 2.24) is 5.32 Å². The molecular weight excluding hydrogens is 756 g/mol. The van der Waals surface area contributed by atoms with Crippen molar-refractivity contribution in [2.75, 3.05) is 40.9 Å². The van der Waals surface area contributed by atoms with Crippen molar-refractivity contribution in [3.63, 3.8) is 0 Å². The van der Waals surface area contributed by atoms with Crippen LogP contribution in [0, 0.1) is 0 Å². The van der Waals surface area contributed by atoms with Gasteiger partial charge in [0, 0.05) is 6.42 Å². The average molecular weight is 857 g/mol. The average Bonchev–Trinajstić information content (AvgIpc) is 3.19. The summed E-state index contributed by atoms with van der Waals surface area (Å²) >= 11 is 0. The van der Waals surface area contributed by atoms with E-state index in [2.05, 4.69) is 19.2 Å². The maximum absolute atomic E-state index is 12.9. The quantitative estimate of drug-likeness (QED) is 0.0273. The standard InChI is InChI=1S/C50H101N2O6P/c1-6-8-10-12-14-16-18-20-22-23-24-25-26-27-28-29-30-32-34-36-38-40-42-44-50(54)51-48(47-58-59(55,56)57-46-45-52(3,4)5)49(53)43-41-39-37-35-33-31-21-19-17-15-13-11-9-7-2/h41,43,48-49,53H,6-40,42,44-47H2,1-5H3,(H-,51,54,55,56)/b43-41+/t48-,49+/m0/s1. The van der Waals surface area contributed by atoms with Crippen molar-refractivity contribution in [2.24, 2.45) is 0 Å². The highest BCUT2D eigenvalue weighted by Gasteiger charge is 2.23. The summed E-state index contributed by atoms with van der Waals surface area (Å²) in [7, 11) is 1.27.